The van der Waals surface area contributed by atoms with Crippen molar-refractivity contribution in [2.45, 2.75) is 64.5 Å². The van der Waals surface area contributed by atoms with Crippen molar-refractivity contribution in [3.63, 3.8) is 0 Å². The molecule has 1 saturated carbocycles. The van der Waals surface area contributed by atoms with Gasteiger partial charge in [0.15, 0.2) is 0 Å². The van der Waals surface area contributed by atoms with Crippen molar-refractivity contribution >= 4 is 0 Å². The Labute approximate surface area is 122 Å². The van der Waals surface area contributed by atoms with Crippen LogP contribution in [-0.4, -0.2) is 18.2 Å². The molecule has 0 amide bonds. The largest absolute Gasteiger partial charge is 0.374 e. The van der Waals surface area contributed by atoms with Crippen molar-refractivity contribution in [2.75, 3.05) is 6.61 Å². The molecule has 3 nitrogen and oxygen atoms in total. The van der Waals surface area contributed by atoms with Gasteiger partial charge in [-0.3, -0.25) is 11.3 Å². The molecule has 1 aliphatic carbocycles. The lowest BCUT2D eigenvalue weighted by Crippen LogP contribution is -2.54. The molecule has 112 valence electrons. The molecule has 1 unspecified atom stereocenters. The van der Waals surface area contributed by atoms with Gasteiger partial charge in [0.1, 0.15) is 0 Å². The number of hydrogen-bond acceptors (Lipinski definition) is 3. The Balaban J connectivity index is 2.23. The van der Waals surface area contributed by atoms with Crippen molar-refractivity contribution in [1.29, 1.82) is 0 Å². The van der Waals surface area contributed by atoms with E-state index >= 15 is 0 Å². The fourth-order valence-electron chi connectivity index (χ4n) is 3.63. The maximum atomic E-state index is 6.15. The van der Waals surface area contributed by atoms with Gasteiger partial charge in [0.2, 0.25) is 0 Å². The zero-order chi connectivity index (χ0) is 14.6. The van der Waals surface area contributed by atoms with Crippen LogP contribution < -0.4 is 11.3 Å². The zero-order valence-electron chi connectivity index (χ0n) is 13.0. The number of hydrazine groups is 1. The number of ether oxygens (including phenoxy) is 1. The second-order valence-corrected chi connectivity index (χ2v) is 6.00. The molecule has 0 spiro atoms. The summed E-state index contributed by atoms with van der Waals surface area (Å²) in [5, 5.41) is 0. The highest BCUT2D eigenvalue weighted by Gasteiger charge is 2.41. The van der Waals surface area contributed by atoms with Crippen LogP contribution in [0.1, 0.15) is 49.3 Å². The number of benzene rings is 1. The molecule has 1 aliphatic rings. The highest BCUT2D eigenvalue weighted by Crippen LogP contribution is 2.37. The van der Waals surface area contributed by atoms with Crippen molar-refractivity contribution in [1.82, 2.24) is 5.43 Å². The first kappa shape index (κ1) is 15.5. The first-order chi connectivity index (χ1) is 9.63. The third kappa shape index (κ3) is 3.05. The predicted molar refractivity (Wildman–Crippen MR) is 83.6 cm³/mol. The summed E-state index contributed by atoms with van der Waals surface area (Å²) in [6.07, 6.45) is 5.64. The van der Waals surface area contributed by atoms with Crippen LogP contribution in [0.15, 0.2) is 18.2 Å². The normalized spacial score (nSPS) is 19.2. The fourth-order valence-corrected chi connectivity index (χ4v) is 3.63. The van der Waals surface area contributed by atoms with E-state index in [2.05, 4.69) is 44.4 Å². The van der Waals surface area contributed by atoms with Gasteiger partial charge in [0.05, 0.1) is 11.6 Å². The van der Waals surface area contributed by atoms with Crippen molar-refractivity contribution in [3.05, 3.63) is 34.9 Å². The average Bonchev–Trinajstić information content (AvgIpc) is 2.88. The van der Waals surface area contributed by atoms with Gasteiger partial charge in [0.25, 0.3) is 0 Å². The lowest BCUT2D eigenvalue weighted by atomic mass is 9.85. The zero-order valence-corrected chi connectivity index (χ0v) is 13.0. The SMILES string of the molecule is CCOC1(C(Cc2c(C)cccc2C)NN)CCCC1. The van der Waals surface area contributed by atoms with Crippen LogP contribution >= 0.6 is 0 Å². The molecule has 20 heavy (non-hydrogen) atoms. The van der Waals surface area contributed by atoms with Crippen LogP contribution in [-0.2, 0) is 11.2 Å². The average molecular weight is 276 g/mol. The summed E-state index contributed by atoms with van der Waals surface area (Å²) in [5.41, 5.74) is 7.05. The number of nitrogens with one attached hydrogen (secondary N) is 1. The van der Waals surface area contributed by atoms with Gasteiger partial charge in [-0.2, -0.15) is 0 Å². The molecule has 1 atom stereocenters. The van der Waals surface area contributed by atoms with E-state index in [0.29, 0.717) is 0 Å². The molecule has 1 fully saturated rings. The molecule has 0 bridgehead atoms. The van der Waals surface area contributed by atoms with Crippen molar-refractivity contribution < 1.29 is 4.74 Å². The van der Waals surface area contributed by atoms with E-state index in [1.54, 1.807) is 0 Å². The molecular weight excluding hydrogens is 248 g/mol. The Bertz CT molecular complexity index is 418. The van der Waals surface area contributed by atoms with E-state index < -0.39 is 0 Å². The smallest absolute Gasteiger partial charge is 0.0851 e. The minimum Gasteiger partial charge on any atom is -0.374 e. The maximum Gasteiger partial charge on any atom is 0.0851 e. The lowest BCUT2D eigenvalue weighted by Gasteiger charge is -2.37. The van der Waals surface area contributed by atoms with Crippen LogP contribution in [0.3, 0.4) is 0 Å². The first-order valence-electron chi connectivity index (χ1n) is 7.78. The van der Waals surface area contributed by atoms with Crippen molar-refractivity contribution in [3.8, 4) is 0 Å². The number of hydrogen-bond donors (Lipinski definition) is 2. The van der Waals surface area contributed by atoms with E-state index in [0.717, 1.165) is 25.9 Å². The summed E-state index contributed by atoms with van der Waals surface area (Å²) in [7, 11) is 0. The Kier molecular flexibility index (Phi) is 5.19. The summed E-state index contributed by atoms with van der Waals surface area (Å²) >= 11 is 0. The van der Waals surface area contributed by atoms with Crippen LogP contribution in [0.4, 0.5) is 0 Å². The van der Waals surface area contributed by atoms with E-state index in [1.807, 2.05) is 0 Å². The van der Waals surface area contributed by atoms with Crippen LogP contribution in [0.5, 0.6) is 0 Å². The highest BCUT2D eigenvalue weighted by molar-refractivity contribution is 5.34. The molecule has 3 N–H and O–H groups in total. The van der Waals surface area contributed by atoms with Crippen molar-refractivity contribution in [2.24, 2.45) is 5.84 Å². The molecule has 1 aromatic rings. The van der Waals surface area contributed by atoms with Gasteiger partial charge in [-0.25, -0.2) is 0 Å². The third-order valence-electron chi connectivity index (χ3n) is 4.77. The highest BCUT2D eigenvalue weighted by atomic mass is 16.5. The minimum atomic E-state index is -0.0851. The predicted octanol–water partition coefficient (Wildman–Crippen LogP) is 3.03. The molecule has 0 saturated heterocycles. The standard InChI is InChI=1S/C17H28N2O/c1-4-20-17(10-5-6-11-17)16(19-18)12-15-13(2)8-7-9-14(15)3/h7-9,16,19H,4-6,10-12,18H2,1-3H3. The Morgan fingerprint density at radius 3 is 2.35 bits per heavy atom. The Morgan fingerprint density at radius 1 is 1.25 bits per heavy atom. The van der Waals surface area contributed by atoms with Gasteiger partial charge in [-0.05, 0) is 56.7 Å². The van der Waals surface area contributed by atoms with E-state index in [9.17, 15) is 0 Å². The summed E-state index contributed by atoms with van der Waals surface area (Å²) in [5.74, 6) is 5.89. The Morgan fingerprint density at radius 2 is 1.85 bits per heavy atom. The van der Waals surface area contributed by atoms with E-state index in [1.165, 1.54) is 29.5 Å². The number of nitrogens with two attached hydrogens (primary N) is 1. The Hall–Kier alpha value is -0.900. The fraction of sp³-hybridized carbons (Fsp3) is 0.647. The number of rotatable bonds is 6. The second-order valence-electron chi connectivity index (χ2n) is 6.00. The van der Waals surface area contributed by atoms with Gasteiger partial charge >= 0.3 is 0 Å². The molecule has 0 aromatic heterocycles. The van der Waals surface area contributed by atoms with E-state index in [4.69, 9.17) is 10.6 Å². The summed E-state index contributed by atoms with van der Waals surface area (Å²) in [4.78, 5) is 0. The van der Waals surface area contributed by atoms with E-state index in [-0.39, 0.29) is 11.6 Å². The molecule has 3 heteroatoms. The molecular formula is C17H28N2O. The molecule has 1 aromatic carbocycles. The van der Waals surface area contributed by atoms with Gasteiger partial charge < -0.3 is 4.74 Å². The van der Waals surface area contributed by atoms with Crippen LogP contribution in [0.2, 0.25) is 0 Å². The molecule has 0 aliphatic heterocycles. The summed E-state index contributed by atoms with van der Waals surface area (Å²) < 4.78 is 6.15. The number of aryl methyl sites for hydroxylation is 2. The van der Waals surface area contributed by atoms with Gasteiger partial charge in [-0.15, -0.1) is 0 Å². The van der Waals surface area contributed by atoms with Gasteiger partial charge in [-0.1, -0.05) is 31.0 Å². The van der Waals surface area contributed by atoms with Crippen LogP contribution in [0, 0.1) is 13.8 Å². The molecule has 0 radical (unpaired) electrons. The molecule has 2 rings (SSSR count). The monoisotopic (exact) mass is 276 g/mol. The molecule has 0 heterocycles. The van der Waals surface area contributed by atoms with Crippen LogP contribution in [0.25, 0.3) is 0 Å². The summed E-state index contributed by atoms with van der Waals surface area (Å²) in [6, 6.07) is 6.66. The topological polar surface area (TPSA) is 47.3 Å². The quantitative estimate of drug-likeness (QED) is 0.620. The maximum absolute atomic E-state index is 6.15. The minimum absolute atomic E-state index is 0.0851. The lowest BCUT2D eigenvalue weighted by molar-refractivity contribution is -0.0613. The second kappa shape index (κ2) is 6.70. The van der Waals surface area contributed by atoms with Gasteiger partial charge in [0, 0.05) is 6.61 Å². The third-order valence-corrected chi connectivity index (χ3v) is 4.77. The first-order valence-corrected chi connectivity index (χ1v) is 7.78. The summed E-state index contributed by atoms with van der Waals surface area (Å²) in [6.45, 7) is 7.19.